The Bertz CT molecular complexity index is 767. The Hall–Kier alpha value is -2.19. The number of nitro groups is 1. The summed E-state index contributed by atoms with van der Waals surface area (Å²) in [6.07, 6.45) is 3.36. The van der Waals surface area contributed by atoms with Crippen molar-refractivity contribution in [2.45, 2.75) is 25.3 Å². The number of nitrogens with zero attached hydrogens (tertiary/aromatic N) is 1. The zero-order valence-electron chi connectivity index (χ0n) is 11.6. The molecule has 2 N–H and O–H groups in total. The minimum absolute atomic E-state index is 0.0651. The third-order valence-corrected chi connectivity index (χ3v) is 4.76. The van der Waals surface area contributed by atoms with E-state index in [-0.39, 0.29) is 17.1 Å². The standard InChI is InChI=1S/C13H15N3O4S/c1-9-5-12(16(17)18)6-13(10(9)2)21(19,20)15-8-11-3-4-14-7-11/h3-7,14-15H,8H2,1-2H3. The highest BCUT2D eigenvalue weighted by atomic mass is 32.2. The van der Waals surface area contributed by atoms with Crippen LogP contribution in [0.25, 0.3) is 0 Å². The number of aryl methyl sites for hydroxylation is 1. The molecule has 0 aliphatic carbocycles. The highest BCUT2D eigenvalue weighted by molar-refractivity contribution is 7.89. The van der Waals surface area contributed by atoms with Crippen molar-refractivity contribution in [3.05, 3.63) is 57.4 Å². The van der Waals surface area contributed by atoms with Gasteiger partial charge < -0.3 is 4.98 Å². The molecule has 7 nitrogen and oxygen atoms in total. The van der Waals surface area contributed by atoms with Crippen molar-refractivity contribution in [1.82, 2.24) is 9.71 Å². The molecule has 0 fully saturated rings. The molecular weight excluding hydrogens is 294 g/mol. The van der Waals surface area contributed by atoms with Crippen molar-refractivity contribution in [3.8, 4) is 0 Å². The van der Waals surface area contributed by atoms with Gasteiger partial charge in [-0.1, -0.05) is 0 Å². The largest absolute Gasteiger partial charge is 0.367 e. The summed E-state index contributed by atoms with van der Waals surface area (Å²) in [7, 11) is -3.81. The van der Waals surface area contributed by atoms with Gasteiger partial charge in [0.15, 0.2) is 0 Å². The number of aromatic nitrogens is 1. The molecule has 0 saturated carbocycles. The number of hydrogen-bond acceptors (Lipinski definition) is 4. The fourth-order valence-corrected chi connectivity index (χ4v) is 3.27. The van der Waals surface area contributed by atoms with Gasteiger partial charge in [0.2, 0.25) is 10.0 Å². The number of nitro benzene ring substituents is 1. The molecule has 0 atom stereocenters. The molecule has 0 aliphatic rings. The van der Waals surface area contributed by atoms with Gasteiger partial charge in [0.1, 0.15) is 0 Å². The number of benzene rings is 1. The summed E-state index contributed by atoms with van der Waals surface area (Å²) in [6, 6.07) is 4.19. The Labute approximate surface area is 122 Å². The first kappa shape index (κ1) is 15.2. The first-order valence-corrected chi connectivity index (χ1v) is 7.66. The fourth-order valence-electron chi connectivity index (χ4n) is 1.92. The molecule has 0 spiro atoms. The van der Waals surface area contributed by atoms with Crippen molar-refractivity contribution in [2.75, 3.05) is 0 Å². The van der Waals surface area contributed by atoms with E-state index in [2.05, 4.69) is 9.71 Å². The van der Waals surface area contributed by atoms with Crippen LogP contribution in [-0.2, 0) is 16.6 Å². The van der Waals surface area contributed by atoms with E-state index in [1.807, 2.05) is 0 Å². The number of nitrogens with one attached hydrogen (secondary N) is 2. The van der Waals surface area contributed by atoms with Gasteiger partial charge in [-0.05, 0) is 36.6 Å². The Morgan fingerprint density at radius 3 is 2.62 bits per heavy atom. The second-order valence-electron chi connectivity index (χ2n) is 4.69. The van der Waals surface area contributed by atoms with Crippen LogP contribution in [0.5, 0.6) is 0 Å². The van der Waals surface area contributed by atoms with Crippen LogP contribution in [0.4, 0.5) is 5.69 Å². The van der Waals surface area contributed by atoms with Crippen molar-refractivity contribution in [3.63, 3.8) is 0 Å². The molecule has 21 heavy (non-hydrogen) atoms. The van der Waals surface area contributed by atoms with E-state index in [9.17, 15) is 18.5 Å². The zero-order chi connectivity index (χ0) is 15.6. The van der Waals surface area contributed by atoms with Gasteiger partial charge in [-0.25, -0.2) is 13.1 Å². The maximum atomic E-state index is 12.3. The molecule has 0 saturated heterocycles. The summed E-state index contributed by atoms with van der Waals surface area (Å²) in [5.41, 5.74) is 1.60. The maximum Gasteiger partial charge on any atom is 0.271 e. The third kappa shape index (κ3) is 3.29. The predicted molar refractivity (Wildman–Crippen MR) is 77.4 cm³/mol. The van der Waals surface area contributed by atoms with E-state index < -0.39 is 14.9 Å². The van der Waals surface area contributed by atoms with E-state index in [0.29, 0.717) is 11.1 Å². The van der Waals surface area contributed by atoms with E-state index in [0.717, 1.165) is 11.6 Å². The average molecular weight is 309 g/mol. The number of non-ortho nitro benzene ring substituents is 1. The van der Waals surface area contributed by atoms with E-state index >= 15 is 0 Å². The maximum absolute atomic E-state index is 12.3. The van der Waals surface area contributed by atoms with Crippen LogP contribution >= 0.6 is 0 Å². The molecule has 2 rings (SSSR count). The lowest BCUT2D eigenvalue weighted by molar-refractivity contribution is -0.385. The lowest BCUT2D eigenvalue weighted by Crippen LogP contribution is -2.24. The number of rotatable bonds is 5. The minimum atomic E-state index is -3.81. The van der Waals surface area contributed by atoms with Crippen LogP contribution in [0.2, 0.25) is 0 Å². The third-order valence-electron chi connectivity index (χ3n) is 3.23. The molecule has 0 bridgehead atoms. The van der Waals surface area contributed by atoms with Crippen LogP contribution in [0.15, 0.2) is 35.5 Å². The average Bonchev–Trinajstić information content (AvgIpc) is 2.92. The Kier molecular flexibility index (Phi) is 4.10. The van der Waals surface area contributed by atoms with Gasteiger partial charge in [-0.3, -0.25) is 10.1 Å². The van der Waals surface area contributed by atoms with E-state index in [1.165, 1.54) is 6.07 Å². The van der Waals surface area contributed by atoms with Crippen molar-refractivity contribution in [1.29, 1.82) is 0 Å². The first-order valence-electron chi connectivity index (χ1n) is 6.18. The van der Waals surface area contributed by atoms with Crippen LogP contribution in [-0.4, -0.2) is 18.3 Å². The van der Waals surface area contributed by atoms with Gasteiger partial charge >= 0.3 is 0 Å². The minimum Gasteiger partial charge on any atom is -0.367 e. The Balaban J connectivity index is 2.37. The van der Waals surface area contributed by atoms with Gasteiger partial charge in [0, 0.05) is 31.1 Å². The quantitative estimate of drug-likeness (QED) is 0.651. The van der Waals surface area contributed by atoms with Crippen LogP contribution in [0.1, 0.15) is 16.7 Å². The highest BCUT2D eigenvalue weighted by Gasteiger charge is 2.22. The Morgan fingerprint density at radius 1 is 1.33 bits per heavy atom. The fraction of sp³-hybridized carbons (Fsp3) is 0.231. The van der Waals surface area contributed by atoms with Crippen molar-refractivity contribution in [2.24, 2.45) is 0 Å². The topological polar surface area (TPSA) is 105 Å². The smallest absolute Gasteiger partial charge is 0.271 e. The molecule has 2 aromatic rings. The molecular formula is C13H15N3O4S. The number of hydrogen-bond donors (Lipinski definition) is 2. The van der Waals surface area contributed by atoms with Crippen molar-refractivity contribution >= 4 is 15.7 Å². The number of aromatic amines is 1. The molecule has 0 unspecified atom stereocenters. The number of H-pyrrole nitrogens is 1. The summed E-state index contributed by atoms with van der Waals surface area (Å²) < 4.78 is 27.1. The van der Waals surface area contributed by atoms with Gasteiger partial charge in [0.25, 0.3) is 5.69 Å². The molecule has 1 aromatic heterocycles. The summed E-state index contributed by atoms with van der Waals surface area (Å²) in [5, 5.41) is 10.9. The monoisotopic (exact) mass is 309 g/mol. The predicted octanol–water partition coefficient (Wildman–Crippen LogP) is 2.02. The van der Waals surface area contributed by atoms with E-state index in [1.54, 1.807) is 32.3 Å². The molecule has 1 aromatic carbocycles. The molecule has 0 radical (unpaired) electrons. The zero-order valence-corrected chi connectivity index (χ0v) is 12.4. The molecule has 112 valence electrons. The summed E-state index contributed by atoms with van der Waals surface area (Å²) in [4.78, 5) is 13.0. The molecule has 0 amide bonds. The highest BCUT2D eigenvalue weighted by Crippen LogP contribution is 2.25. The summed E-state index contributed by atoms with van der Waals surface area (Å²) >= 11 is 0. The van der Waals surface area contributed by atoms with Gasteiger partial charge in [-0.2, -0.15) is 0 Å². The van der Waals surface area contributed by atoms with Gasteiger partial charge in [0.05, 0.1) is 9.82 Å². The van der Waals surface area contributed by atoms with E-state index in [4.69, 9.17) is 0 Å². The van der Waals surface area contributed by atoms with Crippen LogP contribution in [0.3, 0.4) is 0 Å². The summed E-state index contributed by atoms with van der Waals surface area (Å²) in [6.45, 7) is 3.39. The van der Waals surface area contributed by atoms with Gasteiger partial charge in [-0.15, -0.1) is 0 Å². The van der Waals surface area contributed by atoms with Crippen molar-refractivity contribution < 1.29 is 13.3 Å². The SMILES string of the molecule is Cc1cc([N+](=O)[O-])cc(S(=O)(=O)NCc2cc[nH]c2)c1C. The summed E-state index contributed by atoms with van der Waals surface area (Å²) in [5.74, 6) is 0. The molecule has 1 heterocycles. The molecule has 0 aliphatic heterocycles. The first-order chi connectivity index (χ1) is 9.81. The normalized spacial score (nSPS) is 11.5. The lowest BCUT2D eigenvalue weighted by atomic mass is 10.1. The Morgan fingerprint density at radius 2 is 2.05 bits per heavy atom. The molecule has 8 heteroatoms. The van der Waals surface area contributed by atoms with Crippen LogP contribution < -0.4 is 4.72 Å². The number of sulfonamides is 1. The lowest BCUT2D eigenvalue weighted by Gasteiger charge is -2.10. The van der Waals surface area contributed by atoms with Crippen LogP contribution in [0, 0.1) is 24.0 Å². The second-order valence-corrected chi connectivity index (χ2v) is 6.42. The second kappa shape index (κ2) is 5.66.